The lowest BCUT2D eigenvalue weighted by atomic mass is 9.79. The van der Waals surface area contributed by atoms with Crippen LogP contribution in [0.3, 0.4) is 0 Å². The quantitative estimate of drug-likeness (QED) is 0.537. The van der Waals surface area contributed by atoms with Gasteiger partial charge < -0.3 is 9.84 Å². The summed E-state index contributed by atoms with van der Waals surface area (Å²) in [6, 6.07) is 0. The molecule has 0 aromatic rings. The van der Waals surface area contributed by atoms with E-state index in [4.69, 9.17) is 4.74 Å². The molecule has 2 aliphatic carbocycles. The van der Waals surface area contributed by atoms with Crippen LogP contribution in [0.4, 0.5) is 0 Å². The third-order valence-electron chi connectivity index (χ3n) is 4.87. The van der Waals surface area contributed by atoms with Gasteiger partial charge in [-0.1, -0.05) is 38.0 Å². The molecule has 2 aliphatic rings. The van der Waals surface area contributed by atoms with Crippen molar-refractivity contribution in [3.63, 3.8) is 0 Å². The predicted octanol–water partition coefficient (Wildman–Crippen LogP) is 5.16. The SMILES string of the molecule is C=C(O)C(C[C@H](C)OC1CCCCC1)[C@@H]1CC=CCC1. The van der Waals surface area contributed by atoms with Gasteiger partial charge in [0, 0.05) is 5.92 Å². The Hall–Kier alpha value is -0.760. The molecule has 0 aromatic heterocycles. The summed E-state index contributed by atoms with van der Waals surface area (Å²) in [5, 5.41) is 9.95. The molecule has 0 aliphatic heterocycles. The van der Waals surface area contributed by atoms with Gasteiger partial charge in [-0.25, -0.2) is 0 Å². The Labute approximate surface area is 123 Å². The van der Waals surface area contributed by atoms with Crippen LogP contribution in [-0.4, -0.2) is 17.3 Å². The van der Waals surface area contributed by atoms with Gasteiger partial charge in [0.1, 0.15) is 0 Å². The number of hydrogen-bond donors (Lipinski definition) is 1. The van der Waals surface area contributed by atoms with Gasteiger partial charge in [0.2, 0.25) is 0 Å². The van der Waals surface area contributed by atoms with Crippen LogP contribution in [0.1, 0.15) is 64.7 Å². The zero-order valence-corrected chi connectivity index (χ0v) is 12.9. The molecule has 20 heavy (non-hydrogen) atoms. The minimum atomic E-state index is 0.193. The smallest absolute Gasteiger partial charge is 0.0885 e. The lowest BCUT2D eigenvalue weighted by molar-refractivity contribution is -0.0346. The molecule has 1 fully saturated rings. The maximum atomic E-state index is 9.95. The summed E-state index contributed by atoms with van der Waals surface area (Å²) in [6.07, 6.45) is 15.8. The van der Waals surface area contributed by atoms with Gasteiger partial charge in [-0.2, -0.15) is 0 Å². The maximum Gasteiger partial charge on any atom is 0.0885 e. The molecule has 1 unspecified atom stereocenters. The fourth-order valence-electron chi connectivity index (χ4n) is 3.73. The summed E-state index contributed by atoms with van der Waals surface area (Å²) < 4.78 is 6.19. The van der Waals surface area contributed by atoms with Gasteiger partial charge in [-0.15, -0.1) is 0 Å². The van der Waals surface area contributed by atoms with E-state index < -0.39 is 0 Å². The number of aliphatic hydroxyl groups excluding tert-OH is 1. The van der Waals surface area contributed by atoms with E-state index in [1.165, 1.54) is 32.1 Å². The lowest BCUT2D eigenvalue weighted by Crippen LogP contribution is -2.27. The highest BCUT2D eigenvalue weighted by Gasteiger charge is 2.27. The summed E-state index contributed by atoms with van der Waals surface area (Å²) in [5.74, 6) is 1.08. The van der Waals surface area contributed by atoms with Crippen LogP contribution in [-0.2, 0) is 4.74 Å². The number of hydrogen-bond acceptors (Lipinski definition) is 2. The van der Waals surface area contributed by atoms with E-state index in [0.717, 1.165) is 25.7 Å². The van der Waals surface area contributed by atoms with Gasteiger partial charge in [0.25, 0.3) is 0 Å². The van der Waals surface area contributed by atoms with Crippen LogP contribution < -0.4 is 0 Å². The van der Waals surface area contributed by atoms with Crippen molar-refractivity contribution >= 4 is 0 Å². The molecule has 0 radical (unpaired) electrons. The van der Waals surface area contributed by atoms with E-state index in [9.17, 15) is 5.11 Å². The first-order valence-corrected chi connectivity index (χ1v) is 8.35. The molecule has 2 rings (SSSR count). The second-order valence-corrected chi connectivity index (χ2v) is 6.58. The van der Waals surface area contributed by atoms with Crippen molar-refractivity contribution in [3.8, 4) is 0 Å². The average Bonchev–Trinajstić information content (AvgIpc) is 2.46. The monoisotopic (exact) mass is 278 g/mol. The molecule has 0 spiro atoms. The van der Waals surface area contributed by atoms with Crippen LogP contribution in [0.25, 0.3) is 0 Å². The minimum Gasteiger partial charge on any atom is -0.513 e. The van der Waals surface area contributed by atoms with E-state index in [-0.39, 0.29) is 12.0 Å². The van der Waals surface area contributed by atoms with Crippen LogP contribution in [0, 0.1) is 11.8 Å². The van der Waals surface area contributed by atoms with Crippen LogP contribution in [0.15, 0.2) is 24.5 Å². The van der Waals surface area contributed by atoms with Crippen molar-refractivity contribution in [3.05, 3.63) is 24.5 Å². The number of allylic oxidation sites excluding steroid dienone is 3. The van der Waals surface area contributed by atoms with E-state index >= 15 is 0 Å². The highest BCUT2D eigenvalue weighted by Crippen LogP contribution is 2.34. The Kier molecular flexibility index (Phi) is 6.15. The second kappa shape index (κ2) is 7.87. The summed E-state index contributed by atoms with van der Waals surface area (Å²) in [6.45, 7) is 5.96. The van der Waals surface area contributed by atoms with Crippen molar-refractivity contribution in [1.82, 2.24) is 0 Å². The van der Waals surface area contributed by atoms with Gasteiger partial charge in [-0.05, 0) is 51.4 Å². The molecule has 3 atom stereocenters. The molecule has 2 heteroatoms. The standard InChI is InChI=1S/C18H30O2/c1-14(20-17-11-7-4-8-12-17)13-18(15(2)19)16-9-5-3-6-10-16/h3,5,14,16-19H,2,4,6-13H2,1H3/t14-,16+,18?/m0/s1. The van der Waals surface area contributed by atoms with E-state index in [0.29, 0.717) is 17.8 Å². The largest absolute Gasteiger partial charge is 0.513 e. The molecule has 0 bridgehead atoms. The van der Waals surface area contributed by atoms with Crippen molar-refractivity contribution < 1.29 is 9.84 Å². The molecule has 0 saturated heterocycles. The van der Waals surface area contributed by atoms with E-state index in [1.54, 1.807) is 0 Å². The van der Waals surface area contributed by atoms with Gasteiger partial charge in [-0.3, -0.25) is 0 Å². The summed E-state index contributed by atoms with van der Waals surface area (Å²) >= 11 is 0. The predicted molar refractivity (Wildman–Crippen MR) is 83.8 cm³/mol. The van der Waals surface area contributed by atoms with Crippen molar-refractivity contribution in [1.29, 1.82) is 0 Å². The van der Waals surface area contributed by atoms with E-state index in [2.05, 4.69) is 25.7 Å². The minimum absolute atomic E-state index is 0.193. The first-order valence-electron chi connectivity index (χ1n) is 8.35. The van der Waals surface area contributed by atoms with Gasteiger partial charge in [0.05, 0.1) is 18.0 Å². The topological polar surface area (TPSA) is 29.5 Å². The first kappa shape index (κ1) is 15.6. The fourth-order valence-corrected chi connectivity index (χ4v) is 3.73. The summed E-state index contributed by atoms with van der Waals surface area (Å²) in [7, 11) is 0. The zero-order valence-electron chi connectivity index (χ0n) is 12.9. The van der Waals surface area contributed by atoms with Crippen molar-refractivity contribution in [2.24, 2.45) is 11.8 Å². The normalized spacial score (nSPS) is 27.1. The van der Waals surface area contributed by atoms with Gasteiger partial charge in [0.15, 0.2) is 0 Å². The highest BCUT2D eigenvalue weighted by atomic mass is 16.5. The first-order chi connectivity index (χ1) is 9.66. The second-order valence-electron chi connectivity index (χ2n) is 6.58. The molecule has 2 nitrogen and oxygen atoms in total. The maximum absolute atomic E-state index is 9.95. The average molecular weight is 278 g/mol. The van der Waals surface area contributed by atoms with Crippen LogP contribution in [0.5, 0.6) is 0 Å². The molecular weight excluding hydrogens is 248 g/mol. The Bertz CT molecular complexity index is 328. The molecule has 0 heterocycles. The van der Waals surface area contributed by atoms with E-state index in [1.807, 2.05) is 0 Å². The van der Waals surface area contributed by atoms with Crippen molar-refractivity contribution in [2.45, 2.75) is 76.9 Å². The Balaban J connectivity index is 1.83. The summed E-state index contributed by atoms with van der Waals surface area (Å²) in [4.78, 5) is 0. The third-order valence-corrected chi connectivity index (χ3v) is 4.87. The molecule has 0 amide bonds. The lowest BCUT2D eigenvalue weighted by Gasteiger charge is -2.31. The van der Waals surface area contributed by atoms with Crippen LogP contribution >= 0.6 is 0 Å². The fraction of sp³-hybridized carbons (Fsp3) is 0.778. The molecular formula is C18H30O2. The third kappa shape index (κ3) is 4.66. The Morgan fingerprint density at radius 3 is 2.60 bits per heavy atom. The van der Waals surface area contributed by atoms with Gasteiger partial charge >= 0.3 is 0 Å². The number of aliphatic hydroxyl groups is 1. The Morgan fingerprint density at radius 2 is 2.00 bits per heavy atom. The molecule has 114 valence electrons. The molecule has 1 saturated carbocycles. The van der Waals surface area contributed by atoms with Crippen LogP contribution in [0.2, 0.25) is 0 Å². The van der Waals surface area contributed by atoms with Crippen molar-refractivity contribution in [2.75, 3.05) is 0 Å². The zero-order chi connectivity index (χ0) is 14.4. The molecule has 1 N–H and O–H groups in total. The highest BCUT2D eigenvalue weighted by molar-refractivity contribution is 5.00. The Morgan fingerprint density at radius 1 is 1.25 bits per heavy atom. The number of ether oxygens (including phenoxy) is 1. The number of rotatable bonds is 6. The molecule has 0 aromatic carbocycles. The summed E-state index contributed by atoms with van der Waals surface area (Å²) in [5.41, 5.74) is 0.